The molecule has 0 aromatic heterocycles. The number of benzene rings is 2. The fourth-order valence-electron chi connectivity index (χ4n) is 3.32. The van der Waals surface area contributed by atoms with E-state index in [0.29, 0.717) is 18.7 Å². The van der Waals surface area contributed by atoms with Gasteiger partial charge in [0.05, 0.1) is 13.2 Å². The average molecular weight is 381 g/mol. The lowest BCUT2D eigenvalue weighted by Crippen LogP contribution is -2.54. The Morgan fingerprint density at radius 2 is 1.75 bits per heavy atom. The predicted molar refractivity (Wildman–Crippen MR) is 109 cm³/mol. The minimum atomic E-state index is -0.617. The van der Waals surface area contributed by atoms with Gasteiger partial charge >= 0.3 is 0 Å². The van der Waals surface area contributed by atoms with Crippen LogP contribution in [0.15, 0.2) is 48.5 Å². The molecule has 6 heteroatoms. The molecule has 0 spiro atoms. The highest BCUT2D eigenvalue weighted by molar-refractivity contribution is 5.98. The lowest BCUT2D eigenvalue weighted by atomic mass is 9.94. The van der Waals surface area contributed by atoms with E-state index in [1.165, 1.54) is 11.1 Å². The standard InChI is InChI=1S/C22H27N3O3/c1-14(2)20(22(27)24-17-8-10-18(28-3)11-9-17)25-21(26)19-12-15-6-4-5-7-16(15)13-23-19/h4-11,14,19-20,23H,12-13H2,1-3H3,(H,24,27)(H,25,26). The molecule has 0 bridgehead atoms. The molecule has 2 aromatic carbocycles. The van der Waals surface area contributed by atoms with Crippen molar-refractivity contribution in [3.8, 4) is 5.75 Å². The lowest BCUT2D eigenvalue weighted by Gasteiger charge is -2.28. The van der Waals surface area contributed by atoms with Crippen LogP contribution in [0.1, 0.15) is 25.0 Å². The zero-order valence-electron chi connectivity index (χ0n) is 16.5. The third-order valence-electron chi connectivity index (χ3n) is 5.00. The second-order valence-corrected chi connectivity index (χ2v) is 7.35. The summed E-state index contributed by atoms with van der Waals surface area (Å²) in [5.74, 6) is 0.288. The zero-order valence-corrected chi connectivity index (χ0v) is 16.5. The molecule has 0 fully saturated rings. The summed E-state index contributed by atoms with van der Waals surface area (Å²) in [5.41, 5.74) is 3.05. The van der Waals surface area contributed by atoms with Crippen LogP contribution in [-0.2, 0) is 22.6 Å². The van der Waals surface area contributed by atoms with E-state index in [1.54, 1.807) is 31.4 Å². The fraction of sp³-hybridized carbons (Fsp3) is 0.364. The average Bonchev–Trinajstić information content (AvgIpc) is 2.71. The molecule has 1 aliphatic rings. The van der Waals surface area contributed by atoms with Gasteiger partial charge in [0.2, 0.25) is 11.8 Å². The lowest BCUT2D eigenvalue weighted by molar-refractivity contribution is -0.128. The van der Waals surface area contributed by atoms with Gasteiger partial charge in [0.25, 0.3) is 0 Å². The molecule has 148 valence electrons. The van der Waals surface area contributed by atoms with E-state index in [0.717, 1.165) is 5.75 Å². The number of nitrogens with one attached hydrogen (secondary N) is 3. The van der Waals surface area contributed by atoms with Gasteiger partial charge in [-0.15, -0.1) is 0 Å². The smallest absolute Gasteiger partial charge is 0.247 e. The highest BCUT2D eigenvalue weighted by atomic mass is 16.5. The first-order valence-corrected chi connectivity index (χ1v) is 9.53. The Kier molecular flexibility index (Phi) is 6.31. The molecule has 0 radical (unpaired) electrons. The Morgan fingerprint density at radius 1 is 1.07 bits per heavy atom. The molecule has 3 N–H and O–H groups in total. The Bertz CT molecular complexity index is 833. The van der Waals surface area contributed by atoms with Gasteiger partial charge in [-0.1, -0.05) is 38.1 Å². The number of rotatable bonds is 6. The van der Waals surface area contributed by atoms with E-state index in [2.05, 4.69) is 22.0 Å². The molecule has 1 heterocycles. The molecule has 3 rings (SSSR count). The number of ether oxygens (including phenoxy) is 1. The van der Waals surface area contributed by atoms with Crippen LogP contribution in [0.25, 0.3) is 0 Å². The van der Waals surface area contributed by atoms with Crippen molar-refractivity contribution in [1.29, 1.82) is 0 Å². The monoisotopic (exact) mass is 381 g/mol. The summed E-state index contributed by atoms with van der Waals surface area (Å²) in [5, 5.41) is 9.05. The van der Waals surface area contributed by atoms with E-state index >= 15 is 0 Å². The molecular formula is C22H27N3O3. The maximum atomic E-state index is 12.8. The van der Waals surface area contributed by atoms with Gasteiger partial charge in [0.1, 0.15) is 11.8 Å². The number of carbonyl (C=O) groups is 2. The number of methoxy groups -OCH3 is 1. The van der Waals surface area contributed by atoms with Gasteiger partial charge < -0.3 is 20.7 Å². The first-order chi connectivity index (χ1) is 13.5. The van der Waals surface area contributed by atoms with E-state index in [9.17, 15) is 9.59 Å². The minimum absolute atomic E-state index is 0.0434. The van der Waals surface area contributed by atoms with Crippen molar-refractivity contribution in [1.82, 2.24) is 10.6 Å². The molecule has 0 aliphatic carbocycles. The van der Waals surface area contributed by atoms with Crippen molar-refractivity contribution >= 4 is 17.5 Å². The molecule has 2 aromatic rings. The van der Waals surface area contributed by atoms with Crippen LogP contribution < -0.4 is 20.7 Å². The summed E-state index contributed by atoms with van der Waals surface area (Å²) in [6.45, 7) is 4.49. The van der Waals surface area contributed by atoms with Crippen LogP contribution in [0.3, 0.4) is 0 Å². The van der Waals surface area contributed by atoms with Gasteiger partial charge in [-0.05, 0) is 47.7 Å². The summed E-state index contributed by atoms with van der Waals surface area (Å²) in [7, 11) is 1.59. The Labute approximate surface area is 165 Å². The van der Waals surface area contributed by atoms with Crippen LogP contribution in [0.5, 0.6) is 5.75 Å². The summed E-state index contributed by atoms with van der Waals surface area (Å²) < 4.78 is 5.13. The number of amides is 2. The highest BCUT2D eigenvalue weighted by Crippen LogP contribution is 2.18. The molecule has 0 saturated heterocycles. The van der Waals surface area contributed by atoms with E-state index < -0.39 is 6.04 Å². The zero-order chi connectivity index (χ0) is 20.1. The van der Waals surface area contributed by atoms with Gasteiger partial charge in [0.15, 0.2) is 0 Å². The molecule has 2 atom stereocenters. The van der Waals surface area contributed by atoms with Gasteiger partial charge in [0, 0.05) is 12.2 Å². The molecular weight excluding hydrogens is 354 g/mol. The van der Waals surface area contributed by atoms with Crippen molar-refractivity contribution in [2.45, 2.75) is 38.9 Å². The Hall–Kier alpha value is -2.86. The highest BCUT2D eigenvalue weighted by Gasteiger charge is 2.29. The SMILES string of the molecule is COc1ccc(NC(=O)C(NC(=O)C2Cc3ccccc3CN2)C(C)C)cc1. The quantitative estimate of drug-likeness (QED) is 0.718. The molecule has 1 aliphatic heterocycles. The van der Waals surface area contributed by atoms with Gasteiger partial charge in [-0.2, -0.15) is 0 Å². The van der Waals surface area contributed by atoms with Crippen LogP contribution in [0, 0.1) is 5.92 Å². The summed E-state index contributed by atoms with van der Waals surface area (Å²) >= 11 is 0. The van der Waals surface area contributed by atoms with Crippen LogP contribution in [-0.4, -0.2) is 31.0 Å². The van der Waals surface area contributed by atoms with Crippen LogP contribution in [0.2, 0.25) is 0 Å². The van der Waals surface area contributed by atoms with E-state index in [-0.39, 0.29) is 23.8 Å². The molecule has 2 unspecified atom stereocenters. The number of fused-ring (bicyclic) bond motifs is 1. The molecule has 0 saturated carbocycles. The number of anilines is 1. The maximum absolute atomic E-state index is 12.8. The summed E-state index contributed by atoms with van der Waals surface area (Å²) in [4.78, 5) is 25.5. The molecule has 6 nitrogen and oxygen atoms in total. The van der Waals surface area contributed by atoms with E-state index in [1.807, 2.05) is 32.0 Å². The van der Waals surface area contributed by atoms with Crippen molar-refractivity contribution < 1.29 is 14.3 Å². The first-order valence-electron chi connectivity index (χ1n) is 9.53. The van der Waals surface area contributed by atoms with Crippen molar-refractivity contribution in [3.05, 3.63) is 59.7 Å². The summed E-state index contributed by atoms with van der Waals surface area (Å²) in [6.07, 6.45) is 0.618. The Morgan fingerprint density at radius 3 is 2.39 bits per heavy atom. The first kappa shape index (κ1) is 19.9. The normalized spacial score (nSPS) is 16.8. The third kappa shape index (κ3) is 4.70. The predicted octanol–water partition coefficient (Wildman–Crippen LogP) is 2.49. The minimum Gasteiger partial charge on any atom is -0.497 e. The second-order valence-electron chi connectivity index (χ2n) is 7.35. The third-order valence-corrected chi connectivity index (χ3v) is 5.00. The maximum Gasteiger partial charge on any atom is 0.247 e. The van der Waals surface area contributed by atoms with Crippen LogP contribution in [0.4, 0.5) is 5.69 Å². The van der Waals surface area contributed by atoms with Crippen LogP contribution >= 0.6 is 0 Å². The number of hydrogen-bond acceptors (Lipinski definition) is 4. The van der Waals surface area contributed by atoms with Crippen molar-refractivity contribution in [2.75, 3.05) is 12.4 Å². The van der Waals surface area contributed by atoms with Gasteiger partial charge in [-0.25, -0.2) is 0 Å². The molecule has 2 amide bonds. The topological polar surface area (TPSA) is 79.5 Å². The number of carbonyl (C=O) groups excluding carboxylic acids is 2. The molecule has 28 heavy (non-hydrogen) atoms. The Balaban J connectivity index is 1.63. The number of hydrogen-bond donors (Lipinski definition) is 3. The van der Waals surface area contributed by atoms with Crippen molar-refractivity contribution in [2.24, 2.45) is 5.92 Å². The largest absolute Gasteiger partial charge is 0.497 e. The fourth-order valence-corrected chi connectivity index (χ4v) is 3.32. The second kappa shape index (κ2) is 8.89. The van der Waals surface area contributed by atoms with Crippen molar-refractivity contribution in [3.63, 3.8) is 0 Å². The van der Waals surface area contributed by atoms with E-state index in [4.69, 9.17) is 4.74 Å². The summed E-state index contributed by atoms with van der Waals surface area (Å²) in [6, 6.07) is 14.2. The van der Waals surface area contributed by atoms with Gasteiger partial charge in [-0.3, -0.25) is 9.59 Å².